The number of rotatable bonds is 4. The first kappa shape index (κ1) is 17.5. The summed E-state index contributed by atoms with van der Waals surface area (Å²) in [5.74, 6) is 0.147. The van der Waals surface area contributed by atoms with Crippen molar-refractivity contribution < 1.29 is 19.6 Å². The van der Waals surface area contributed by atoms with Crippen LogP contribution >= 0.6 is 0 Å². The minimum absolute atomic E-state index is 0.0465. The standard InChI is InChI=1S/C19H16N4O5/c1-28-15-8-6-13(7-9-15)22-17-16(18(24)20-22)10-11-21(19(17)25)12-2-4-14(5-3-12)23(26)27/h2-9H,10-11H2,1H3,(H,20,24). The predicted molar refractivity (Wildman–Crippen MR) is 100 cm³/mol. The largest absolute Gasteiger partial charge is 0.497 e. The molecule has 1 aromatic heterocycles. The van der Waals surface area contributed by atoms with E-state index in [4.69, 9.17) is 4.74 Å². The van der Waals surface area contributed by atoms with E-state index in [0.29, 0.717) is 35.7 Å². The molecule has 28 heavy (non-hydrogen) atoms. The maximum Gasteiger partial charge on any atom is 0.277 e. The highest BCUT2D eigenvalue weighted by Gasteiger charge is 2.33. The minimum Gasteiger partial charge on any atom is -0.497 e. The van der Waals surface area contributed by atoms with E-state index < -0.39 is 4.92 Å². The number of non-ortho nitro benzene ring substituents is 1. The molecule has 0 bridgehead atoms. The van der Waals surface area contributed by atoms with E-state index in [1.54, 1.807) is 31.4 Å². The number of nitro benzene ring substituents is 1. The number of ether oxygens (including phenoxy) is 1. The van der Waals surface area contributed by atoms with Crippen molar-refractivity contribution in [3.63, 3.8) is 0 Å². The van der Waals surface area contributed by atoms with Crippen molar-refractivity contribution in [1.82, 2.24) is 9.78 Å². The third-order valence-corrected chi connectivity index (χ3v) is 4.68. The maximum atomic E-state index is 13.2. The summed E-state index contributed by atoms with van der Waals surface area (Å²) in [5.41, 5.74) is 1.86. The highest BCUT2D eigenvalue weighted by Crippen LogP contribution is 2.32. The van der Waals surface area contributed by atoms with Crippen molar-refractivity contribution in [2.75, 3.05) is 18.6 Å². The van der Waals surface area contributed by atoms with E-state index in [1.165, 1.54) is 33.8 Å². The zero-order chi connectivity index (χ0) is 19.8. The molecule has 1 aliphatic heterocycles. The Morgan fingerprint density at radius 2 is 1.75 bits per heavy atom. The first-order valence-corrected chi connectivity index (χ1v) is 8.51. The van der Waals surface area contributed by atoms with Crippen LogP contribution in [0.15, 0.2) is 48.5 Å². The highest BCUT2D eigenvalue weighted by atomic mass is 16.6. The van der Waals surface area contributed by atoms with Crippen molar-refractivity contribution in [3.8, 4) is 17.3 Å². The number of aromatic hydroxyl groups is 1. The fourth-order valence-electron chi connectivity index (χ4n) is 3.25. The molecule has 0 saturated heterocycles. The molecule has 0 aliphatic carbocycles. The Hall–Kier alpha value is -3.88. The molecule has 0 atom stereocenters. The molecular weight excluding hydrogens is 364 g/mol. The zero-order valence-electron chi connectivity index (χ0n) is 14.9. The number of methoxy groups -OCH3 is 1. The van der Waals surface area contributed by atoms with Gasteiger partial charge in [-0.15, -0.1) is 5.10 Å². The SMILES string of the molecule is COc1ccc(-n2nc(O)c3c2C(=O)N(c2ccc([N+](=O)[O-])cc2)CC3)cc1. The Labute approximate surface area is 159 Å². The number of aromatic nitrogens is 2. The summed E-state index contributed by atoms with van der Waals surface area (Å²) >= 11 is 0. The van der Waals surface area contributed by atoms with Crippen LogP contribution < -0.4 is 9.64 Å². The smallest absolute Gasteiger partial charge is 0.277 e. The summed E-state index contributed by atoms with van der Waals surface area (Å²) in [6, 6.07) is 12.7. The Balaban J connectivity index is 1.73. The number of amides is 1. The molecule has 0 spiro atoms. The van der Waals surface area contributed by atoms with Gasteiger partial charge in [0.25, 0.3) is 11.6 Å². The summed E-state index contributed by atoms with van der Waals surface area (Å²) in [4.78, 5) is 25.0. The van der Waals surface area contributed by atoms with Gasteiger partial charge in [0.1, 0.15) is 11.4 Å². The third kappa shape index (κ3) is 2.82. The number of nitrogens with zero attached hydrogens (tertiary/aromatic N) is 4. The molecule has 0 unspecified atom stereocenters. The molecule has 2 heterocycles. The minimum atomic E-state index is -0.489. The number of hydrogen-bond acceptors (Lipinski definition) is 6. The van der Waals surface area contributed by atoms with Crippen molar-refractivity contribution in [1.29, 1.82) is 0 Å². The van der Waals surface area contributed by atoms with Crippen LogP contribution in [0.25, 0.3) is 5.69 Å². The first-order chi connectivity index (χ1) is 13.5. The number of fused-ring (bicyclic) bond motifs is 1. The molecule has 9 heteroatoms. The van der Waals surface area contributed by atoms with Crippen LogP contribution in [-0.4, -0.2) is 39.4 Å². The quantitative estimate of drug-likeness (QED) is 0.550. The molecule has 0 radical (unpaired) electrons. The van der Waals surface area contributed by atoms with Crippen LogP contribution in [-0.2, 0) is 6.42 Å². The topological polar surface area (TPSA) is 111 Å². The van der Waals surface area contributed by atoms with Gasteiger partial charge in [0, 0.05) is 29.9 Å². The number of carbonyl (C=O) groups is 1. The Morgan fingerprint density at radius 3 is 2.36 bits per heavy atom. The number of carbonyl (C=O) groups excluding carboxylic acids is 1. The molecule has 3 aromatic rings. The molecule has 4 rings (SSSR count). The summed E-state index contributed by atoms with van der Waals surface area (Å²) in [7, 11) is 1.56. The number of nitro groups is 1. The molecule has 142 valence electrons. The molecule has 0 fully saturated rings. The van der Waals surface area contributed by atoms with Gasteiger partial charge in [-0.05, 0) is 42.8 Å². The monoisotopic (exact) mass is 380 g/mol. The van der Waals surface area contributed by atoms with Crippen LogP contribution in [0.1, 0.15) is 16.1 Å². The van der Waals surface area contributed by atoms with Crippen molar-refractivity contribution in [3.05, 3.63) is 69.9 Å². The molecule has 9 nitrogen and oxygen atoms in total. The number of hydrogen-bond donors (Lipinski definition) is 1. The van der Waals surface area contributed by atoms with Gasteiger partial charge in [0.15, 0.2) is 0 Å². The Kier molecular flexibility index (Phi) is 4.19. The van der Waals surface area contributed by atoms with Crippen molar-refractivity contribution in [2.45, 2.75) is 6.42 Å². The van der Waals surface area contributed by atoms with Crippen molar-refractivity contribution in [2.24, 2.45) is 0 Å². The maximum absolute atomic E-state index is 13.2. The van der Waals surface area contributed by atoms with Crippen molar-refractivity contribution >= 4 is 17.3 Å². The van der Waals surface area contributed by atoms with E-state index in [1.807, 2.05) is 0 Å². The lowest BCUT2D eigenvalue weighted by atomic mass is 10.1. The van der Waals surface area contributed by atoms with Gasteiger partial charge in [0.05, 0.1) is 17.7 Å². The predicted octanol–water partition coefficient (Wildman–Crippen LogP) is 2.70. The Morgan fingerprint density at radius 1 is 1.11 bits per heavy atom. The van der Waals surface area contributed by atoms with E-state index in [2.05, 4.69) is 5.10 Å². The second-order valence-electron chi connectivity index (χ2n) is 6.24. The zero-order valence-corrected chi connectivity index (χ0v) is 14.9. The van der Waals surface area contributed by atoms with Crippen LogP contribution in [0.2, 0.25) is 0 Å². The second-order valence-corrected chi connectivity index (χ2v) is 6.24. The van der Waals surface area contributed by atoms with Crippen LogP contribution in [0.4, 0.5) is 11.4 Å². The van der Waals surface area contributed by atoms with E-state index in [0.717, 1.165) is 0 Å². The fraction of sp³-hybridized carbons (Fsp3) is 0.158. The van der Waals surface area contributed by atoms with E-state index in [9.17, 15) is 20.0 Å². The van der Waals surface area contributed by atoms with Crippen LogP contribution in [0.5, 0.6) is 11.6 Å². The third-order valence-electron chi connectivity index (χ3n) is 4.68. The molecule has 1 amide bonds. The number of anilines is 1. The van der Waals surface area contributed by atoms with Gasteiger partial charge in [-0.25, -0.2) is 4.68 Å². The lowest BCUT2D eigenvalue weighted by Crippen LogP contribution is -2.38. The highest BCUT2D eigenvalue weighted by molar-refractivity contribution is 6.07. The second kappa shape index (κ2) is 6.69. The van der Waals surface area contributed by atoms with Crippen LogP contribution in [0.3, 0.4) is 0 Å². The average molecular weight is 380 g/mol. The van der Waals surface area contributed by atoms with Gasteiger partial charge in [-0.2, -0.15) is 0 Å². The summed E-state index contributed by atoms with van der Waals surface area (Å²) in [5, 5.41) is 25.2. The van der Waals surface area contributed by atoms with Gasteiger partial charge in [0.2, 0.25) is 5.88 Å². The van der Waals surface area contributed by atoms with E-state index in [-0.39, 0.29) is 23.2 Å². The summed E-state index contributed by atoms with van der Waals surface area (Å²) in [6.07, 6.45) is 0.417. The van der Waals surface area contributed by atoms with E-state index >= 15 is 0 Å². The molecule has 2 aromatic carbocycles. The van der Waals surface area contributed by atoms with Gasteiger partial charge in [-0.1, -0.05) is 0 Å². The number of benzene rings is 2. The van der Waals surface area contributed by atoms with Crippen LogP contribution in [0, 0.1) is 10.1 Å². The van der Waals surface area contributed by atoms with Gasteiger partial charge < -0.3 is 14.7 Å². The molecular formula is C19H16N4O5. The summed E-state index contributed by atoms with van der Waals surface area (Å²) in [6.45, 7) is 0.339. The average Bonchev–Trinajstić information content (AvgIpc) is 3.06. The van der Waals surface area contributed by atoms with Gasteiger partial charge in [-0.3, -0.25) is 14.9 Å². The normalized spacial score (nSPS) is 13.3. The lowest BCUT2D eigenvalue weighted by Gasteiger charge is -2.27. The summed E-state index contributed by atoms with van der Waals surface area (Å²) < 4.78 is 6.55. The Bertz CT molecular complexity index is 1060. The fourth-order valence-corrected chi connectivity index (χ4v) is 3.25. The van der Waals surface area contributed by atoms with Gasteiger partial charge >= 0.3 is 0 Å². The first-order valence-electron chi connectivity index (χ1n) is 8.51. The lowest BCUT2D eigenvalue weighted by molar-refractivity contribution is -0.384. The molecule has 1 N–H and O–H groups in total. The molecule has 1 aliphatic rings. The molecule has 0 saturated carbocycles.